The lowest BCUT2D eigenvalue weighted by Gasteiger charge is -2.09. The van der Waals surface area contributed by atoms with Gasteiger partial charge in [0.25, 0.3) is 10.0 Å². The van der Waals surface area contributed by atoms with E-state index in [2.05, 4.69) is 14.4 Å². The first-order valence-corrected chi connectivity index (χ1v) is 6.27. The molecule has 1 heterocycles. The minimum atomic E-state index is -3.69. The number of nitrogen functional groups attached to an aromatic ring is 1. The van der Waals surface area contributed by atoms with Crippen LogP contribution in [0.5, 0.6) is 0 Å². The first-order valence-electron chi connectivity index (χ1n) is 4.79. The number of hydrogen-bond acceptors (Lipinski definition) is 5. The second-order valence-corrected chi connectivity index (χ2v) is 5.11. The molecular weight excluding hydrogens is 242 g/mol. The molecule has 1 aromatic heterocycles. The van der Waals surface area contributed by atoms with Crippen molar-refractivity contribution in [2.75, 3.05) is 10.5 Å². The third-order valence-electron chi connectivity index (χ3n) is 2.29. The summed E-state index contributed by atoms with van der Waals surface area (Å²) in [6, 6.07) is 6.12. The molecule has 0 radical (unpaired) electrons. The topological polar surface area (TPSA) is 98.2 Å². The maximum Gasteiger partial charge on any atom is 0.263 e. The Morgan fingerprint density at radius 1 is 1.35 bits per heavy atom. The van der Waals surface area contributed by atoms with Crippen molar-refractivity contribution in [3.8, 4) is 0 Å². The van der Waals surface area contributed by atoms with Crippen LogP contribution in [0.15, 0.2) is 39.9 Å². The van der Waals surface area contributed by atoms with Crippen LogP contribution in [0.3, 0.4) is 0 Å². The van der Waals surface area contributed by atoms with Crippen LogP contribution in [0, 0.1) is 6.92 Å². The third-order valence-corrected chi connectivity index (χ3v) is 3.79. The minimum Gasteiger partial charge on any atom is -0.398 e. The molecule has 0 amide bonds. The van der Waals surface area contributed by atoms with Gasteiger partial charge in [0.2, 0.25) is 0 Å². The van der Waals surface area contributed by atoms with Crippen LogP contribution in [0.25, 0.3) is 0 Å². The Balaban J connectivity index is 2.42. The van der Waals surface area contributed by atoms with E-state index < -0.39 is 10.0 Å². The lowest BCUT2D eigenvalue weighted by Crippen LogP contribution is -2.15. The van der Waals surface area contributed by atoms with E-state index >= 15 is 0 Å². The molecule has 0 aliphatic rings. The highest BCUT2D eigenvalue weighted by Crippen LogP contribution is 2.22. The molecule has 6 nitrogen and oxygen atoms in total. The highest BCUT2D eigenvalue weighted by Gasteiger charge is 2.18. The van der Waals surface area contributed by atoms with Crippen LogP contribution in [-0.4, -0.2) is 13.6 Å². The Kier molecular flexibility index (Phi) is 2.76. The lowest BCUT2D eigenvalue weighted by atomic mass is 10.2. The van der Waals surface area contributed by atoms with Crippen LogP contribution < -0.4 is 10.5 Å². The molecule has 2 rings (SSSR count). The van der Waals surface area contributed by atoms with E-state index in [-0.39, 0.29) is 10.7 Å². The molecule has 0 fully saturated rings. The second-order valence-electron chi connectivity index (χ2n) is 3.46. The molecule has 2 aromatic rings. The van der Waals surface area contributed by atoms with E-state index in [1.165, 1.54) is 18.4 Å². The van der Waals surface area contributed by atoms with Crippen molar-refractivity contribution < 1.29 is 12.9 Å². The first-order chi connectivity index (χ1) is 8.00. The lowest BCUT2D eigenvalue weighted by molar-refractivity contribution is 0.423. The van der Waals surface area contributed by atoms with E-state index in [0.29, 0.717) is 11.3 Å². The number of nitrogens with zero attached hydrogens (tertiary/aromatic N) is 1. The molecule has 90 valence electrons. The largest absolute Gasteiger partial charge is 0.398 e. The van der Waals surface area contributed by atoms with Crippen molar-refractivity contribution in [2.24, 2.45) is 0 Å². The Morgan fingerprint density at radius 3 is 2.76 bits per heavy atom. The number of benzene rings is 1. The predicted octanol–water partition coefficient (Wildman–Crippen LogP) is 1.37. The van der Waals surface area contributed by atoms with Gasteiger partial charge in [-0.25, -0.2) is 8.42 Å². The Labute approximate surface area is 98.5 Å². The fourth-order valence-corrected chi connectivity index (χ4v) is 2.65. The monoisotopic (exact) mass is 253 g/mol. The molecule has 0 saturated carbocycles. The van der Waals surface area contributed by atoms with Crippen LogP contribution in [-0.2, 0) is 10.0 Å². The maximum atomic E-state index is 12.0. The number of nitrogens with two attached hydrogens (primary N) is 1. The number of nitrogens with one attached hydrogen (secondary N) is 1. The molecular formula is C10H11N3O3S. The zero-order chi connectivity index (χ0) is 12.5. The number of hydrogen-bond donors (Lipinski definition) is 2. The maximum absolute atomic E-state index is 12.0. The van der Waals surface area contributed by atoms with Crippen LogP contribution in [0.4, 0.5) is 11.5 Å². The van der Waals surface area contributed by atoms with Crippen molar-refractivity contribution >= 4 is 21.5 Å². The minimum absolute atomic E-state index is 0.125. The van der Waals surface area contributed by atoms with E-state index in [0.717, 1.165) is 0 Å². The number of anilines is 2. The van der Waals surface area contributed by atoms with E-state index in [1.807, 2.05) is 0 Å². The van der Waals surface area contributed by atoms with Gasteiger partial charge in [0.15, 0.2) is 5.82 Å². The van der Waals surface area contributed by atoms with Crippen molar-refractivity contribution in [1.82, 2.24) is 5.16 Å². The SMILES string of the molecule is Cc1c(N)cccc1S(=O)(=O)Nc1ccon1. The normalized spacial score (nSPS) is 11.4. The molecule has 0 aliphatic heterocycles. The molecule has 3 N–H and O–H groups in total. The van der Waals surface area contributed by atoms with Crippen LogP contribution >= 0.6 is 0 Å². The molecule has 1 aromatic carbocycles. The molecule has 0 spiro atoms. The fraction of sp³-hybridized carbons (Fsp3) is 0.100. The molecule has 17 heavy (non-hydrogen) atoms. The number of aromatic nitrogens is 1. The van der Waals surface area contributed by atoms with Crippen molar-refractivity contribution in [3.63, 3.8) is 0 Å². The third kappa shape index (κ3) is 2.23. The van der Waals surface area contributed by atoms with E-state index in [4.69, 9.17) is 5.73 Å². The summed E-state index contributed by atoms with van der Waals surface area (Å²) in [5.41, 5.74) is 6.59. The summed E-state index contributed by atoms with van der Waals surface area (Å²) in [5.74, 6) is 0.131. The smallest absolute Gasteiger partial charge is 0.263 e. The zero-order valence-electron chi connectivity index (χ0n) is 9.04. The summed E-state index contributed by atoms with van der Waals surface area (Å²) < 4.78 is 30.9. The van der Waals surface area contributed by atoms with Crippen LogP contribution in [0.1, 0.15) is 5.56 Å². The standard InChI is InChI=1S/C10H11N3O3S/c1-7-8(11)3-2-4-9(7)17(14,15)13-10-5-6-16-12-10/h2-6H,11H2,1H3,(H,12,13). The molecule has 0 unspecified atom stereocenters. The summed E-state index contributed by atoms with van der Waals surface area (Å²) in [7, 11) is -3.69. The van der Waals surface area contributed by atoms with Gasteiger partial charge in [-0.05, 0) is 24.6 Å². The van der Waals surface area contributed by atoms with Crippen molar-refractivity contribution in [3.05, 3.63) is 36.1 Å². The number of sulfonamides is 1. The van der Waals surface area contributed by atoms with Gasteiger partial charge >= 0.3 is 0 Å². The van der Waals surface area contributed by atoms with Gasteiger partial charge in [-0.3, -0.25) is 4.72 Å². The van der Waals surface area contributed by atoms with Gasteiger partial charge in [0.1, 0.15) is 6.26 Å². The second kappa shape index (κ2) is 4.10. The van der Waals surface area contributed by atoms with E-state index in [1.54, 1.807) is 19.1 Å². The van der Waals surface area contributed by atoms with Crippen molar-refractivity contribution in [2.45, 2.75) is 11.8 Å². The van der Waals surface area contributed by atoms with E-state index in [9.17, 15) is 8.42 Å². The average molecular weight is 253 g/mol. The summed E-state index contributed by atoms with van der Waals surface area (Å²) in [6.07, 6.45) is 1.28. The predicted molar refractivity (Wildman–Crippen MR) is 62.9 cm³/mol. The average Bonchev–Trinajstić information content (AvgIpc) is 2.73. The number of rotatable bonds is 3. The molecule has 0 atom stereocenters. The first kappa shape index (κ1) is 11.5. The fourth-order valence-electron chi connectivity index (χ4n) is 1.38. The Bertz CT molecular complexity index is 620. The summed E-state index contributed by atoms with van der Waals surface area (Å²) in [6.45, 7) is 1.65. The Hall–Kier alpha value is -2.02. The van der Waals surface area contributed by atoms with Crippen molar-refractivity contribution in [1.29, 1.82) is 0 Å². The van der Waals surface area contributed by atoms with Gasteiger partial charge in [-0.2, -0.15) is 0 Å². The van der Waals surface area contributed by atoms with Crippen LogP contribution in [0.2, 0.25) is 0 Å². The van der Waals surface area contributed by atoms with Gasteiger partial charge < -0.3 is 10.3 Å². The summed E-state index contributed by atoms with van der Waals surface area (Å²) in [4.78, 5) is 0.125. The molecule has 7 heteroatoms. The molecule has 0 saturated heterocycles. The molecule has 0 bridgehead atoms. The highest BCUT2D eigenvalue weighted by atomic mass is 32.2. The quantitative estimate of drug-likeness (QED) is 0.805. The van der Waals surface area contributed by atoms with Gasteiger partial charge in [0, 0.05) is 11.8 Å². The summed E-state index contributed by atoms with van der Waals surface area (Å²) >= 11 is 0. The van der Waals surface area contributed by atoms with Gasteiger partial charge in [-0.15, -0.1) is 0 Å². The Morgan fingerprint density at radius 2 is 2.12 bits per heavy atom. The zero-order valence-corrected chi connectivity index (χ0v) is 9.86. The van der Waals surface area contributed by atoms with Gasteiger partial charge in [0.05, 0.1) is 4.90 Å². The van der Waals surface area contributed by atoms with Gasteiger partial charge in [-0.1, -0.05) is 11.2 Å². The highest BCUT2D eigenvalue weighted by molar-refractivity contribution is 7.92. The summed E-state index contributed by atoms with van der Waals surface area (Å²) in [5, 5.41) is 3.48. The molecule has 0 aliphatic carbocycles.